The molecule has 0 saturated carbocycles. The van der Waals surface area contributed by atoms with Crippen molar-refractivity contribution in [3.63, 3.8) is 0 Å². The first-order valence-corrected chi connectivity index (χ1v) is 9.37. The molecule has 2 N–H and O–H groups in total. The summed E-state index contributed by atoms with van der Waals surface area (Å²) in [5.74, 6) is -2.51. The van der Waals surface area contributed by atoms with Crippen LogP contribution in [0.4, 0.5) is 0 Å². The average molecular weight is 360 g/mol. The van der Waals surface area contributed by atoms with Crippen LogP contribution >= 0.6 is 11.3 Å². The summed E-state index contributed by atoms with van der Waals surface area (Å²) in [6.07, 6.45) is 9.62. The highest BCUT2D eigenvalue weighted by Crippen LogP contribution is 2.46. The van der Waals surface area contributed by atoms with Crippen LogP contribution in [0.15, 0.2) is 46.9 Å². The van der Waals surface area contributed by atoms with E-state index in [1.807, 2.05) is 36.6 Å². The highest BCUT2D eigenvalue weighted by Gasteiger charge is 2.47. The van der Waals surface area contributed by atoms with E-state index in [4.69, 9.17) is 0 Å². The summed E-state index contributed by atoms with van der Waals surface area (Å²) in [7, 11) is 0. The lowest BCUT2D eigenvalue weighted by Gasteiger charge is -2.38. The molecule has 25 heavy (non-hydrogen) atoms. The summed E-state index contributed by atoms with van der Waals surface area (Å²) < 4.78 is 0. The number of carboxylic acids is 2. The molecule has 1 aliphatic rings. The Morgan fingerprint density at radius 2 is 2.12 bits per heavy atom. The van der Waals surface area contributed by atoms with E-state index in [1.165, 1.54) is 0 Å². The van der Waals surface area contributed by atoms with Crippen molar-refractivity contribution >= 4 is 29.4 Å². The third kappa shape index (κ3) is 4.10. The van der Waals surface area contributed by atoms with Gasteiger partial charge in [0.05, 0.1) is 5.41 Å². The Bertz CT molecular complexity index is 712. The molecule has 1 aliphatic carbocycles. The van der Waals surface area contributed by atoms with Crippen LogP contribution in [0.1, 0.15) is 44.4 Å². The van der Waals surface area contributed by atoms with Crippen LogP contribution in [0.2, 0.25) is 0 Å². The van der Waals surface area contributed by atoms with Crippen molar-refractivity contribution in [3.8, 4) is 0 Å². The molecule has 5 heteroatoms. The van der Waals surface area contributed by atoms with E-state index in [-0.39, 0.29) is 12.0 Å². The molecular weight excluding hydrogens is 336 g/mol. The van der Waals surface area contributed by atoms with Gasteiger partial charge in [-0.3, -0.25) is 4.79 Å². The molecule has 1 heterocycles. The minimum atomic E-state index is -1.21. The zero-order valence-electron chi connectivity index (χ0n) is 14.6. The number of carbonyl (C=O) groups is 2. The Kier molecular flexibility index (Phi) is 6.37. The molecule has 0 radical (unpaired) electrons. The molecule has 0 saturated heterocycles. The zero-order chi connectivity index (χ0) is 18.4. The molecule has 134 valence electrons. The fourth-order valence-electron chi connectivity index (χ4n) is 3.41. The largest absolute Gasteiger partial charge is 0.481 e. The summed E-state index contributed by atoms with van der Waals surface area (Å²) in [5.41, 5.74) is -0.327. The predicted octanol–water partition coefficient (Wildman–Crippen LogP) is 5.00. The Labute approximate surface area is 152 Å². The van der Waals surface area contributed by atoms with Gasteiger partial charge in [-0.1, -0.05) is 44.1 Å². The molecule has 2 rings (SSSR count). The van der Waals surface area contributed by atoms with Crippen LogP contribution in [0.25, 0.3) is 6.08 Å². The maximum atomic E-state index is 12.2. The number of unbranched alkanes of at least 4 members (excludes halogenated alkanes) is 1. The second-order valence-corrected chi connectivity index (χ2v) is 7.38. The summed E-state index contributed by atoms with van der Waals surface area (Å²) in [5, 5.41) is 21.6. The quantitative estimate of drug-likeness (QED) is 0.684. The van der Waals surface area contributed by atoms with Gasteiger partial charge in [0, 0.05) is 16.4 Å². The van der Waals surface area contributed by atoms with E-state index in [9.17, 15) is 19.8 Å². The molecule has 1 aromatic heterocycles. The molecule has 0 aliphatic heterocycles. The van der Waals surface area contributed by atoms with Gasteiger partial charge in [-0.15, -0.1) is 11.3 Å². The number of thiophene rings is 1. The van der Waals surface area contributed by atoms with Gasteiger partial charge < -0.3 is 10.2 Å². The molecule has 0 aromatic carbocycles. The minimum absolute atomic E-state index is 0.239. The van der Waals surface area contributed by atoms with Gasteiger partial charge in [-0.05, 0) is 42.9 Å². The van der Waals surface area contributed by atoms with Crippen LogP contribution in [-0.2, 0) is 9.59 Å². The monoisotopic (exact) mass is 360 g/mol. The number of rotatable bonds is 8. The molecule has 0 bridgehead atoms. The van der Waals surface area contributed by atoms with E-state index in [2.05, 4.69) is 0 Å². The first-order valence-electron chi connectivity index (χ1n) is 8.49. The molecule has 4 nitrogen and oxygen atoms in total. The summed E-state index contributed by atoms with van der Waals surface area (Å²) in [6, 6.07) is 3.91. The maximum absolute atomic E-state index is 12.2. The van der Waals surface area contributed by atoms with E-state index < -0.39 is 23.3 Å². The number of allylic oxidation sites excluding steroid dienone is 3. The summed E-state index contributed by atoms with van der Waals surface area (Å²) in [4.78, 5) is 25.1. The van der Waals surface area contributed by atoms with Crippen LogP contribution in [0, 0.1) is 11.3 Å². The topological polar surface area (TPSA) is 74.6 Å². The average Bonchev–Trinajstić information content (AvgIpc) is 3.07. The Balaban J connectivity index is 2.40. The lowest BCUT2D eigenvalue weighted by atomic mass is 9.64. The lowest BCUT2D eigenvalue weighted by Crippen LogP contribution is -2.41. The van der Waals surface area contributed by atoms with E-state index in [1.54, 1.807) is 30.4 Å². The number of carboxylic acid groups (broad SMARTS) is 2. The summed E-state index contributed by atoms with van der Waals surface area (Å²) >= 11 is 1.58. The van der Waals surface area contributed by atoms with E-state index in [0.29, 0.717) is 12.0 Å². The second-order valence-electron chi connectivity index (χ2n) is 6.40. The maximum Gasteiger partial charge on any atom is 0.332 e. The Hall–Kier alpha value is -2.14. The van der Waals surface area contributed by atoms with Crippen molar-refractivity contribution in [1.29, 1.82) is 0 Å². The molecule has 1 aromatic rings. The third-order valence-corrected chi connectivity index (χ3v) is 5.62. The SMILES string of the molecule is CCCCC1C(C(=O)O)=C(C)C=CC1(CC=Cc1cccs1)C(=O)O. The number of hydrogen-bond donors (Lipinski definition) is 2. The molecule has 0 fully saturated rings. The standard InChI is InChI=1S/C20H24O4S/c1-3-4-9-16-17(18(21)22)14(2)10-12-20(16,19(23)24)11-5-7-15-8-6-13-25-15/h5-8,10,12-13,16H,3-4,9,11H2,1-2H3,(H,21,22)(H,23,24). The van der Waals surface area contributed by atoms with Gasteiger partial charge >= 0.3 is 11.9 Å². The second kappa shape index (κ2) is 8.30. The number of hydrogen-bond acceptors (Lipinski definition) is 3. The molecule has 2 unspecified atom stereocenters. The summed E-state index contributed by atoms with van der Waals surface area (Å²) in [6.45, 7) is 3.76. The fraction of sp³-hybridized carbons (Fsp3) is 0.400. The molecule has 0 spiro atoms. The lowest BCUT2D eigenvalue weighted by molar-refractivity contribution is -0.149. The molecule has 2 atom stereocenters. The van der Waals surface area contributed by atoms with Crippen molar-refractivity contribution < 1.29 is 19.8 Å². The van der Waals surface area contributed by atoms with Crippen molar-refractivity contribution in [2.24, 2.45) is 11.3 Å². The normalized spacial score (nSPS) is 23.4. The first-order chi connectivity index (χ1) is 11.9. The van der Waals surface area contributed by atoms with Crippen molar-refractivity contribution in [3.05, 3.63) is 51.8 Å². The molecule has 0 amide bonds. The van der Waals surface area contributed by atoms with Crippen LogP contribution in [0.3, 0.4) is 0 Å². The fourth-order valence-corrected chi connectivity index (χ4v) is 4.06. The van der Waals surface area contributed by atoms with E-state index in [0.717, 1.165) is 17.7 Å². The highest BCUT2D eigenvalue weighted by atomic mass is 32.1. The van der Waals surface area contributed by atoms with E-state index >= 15 is 0 Å². The van der Waals surface area contributed by atoms with Crippen LogP contribution in [0.5, 0.6) is 0 Å². The Morgan fingerprint density at radius 3 is 2.68 bits per heavy atom. The predicted molar refractivity (Wildman–Crippen MR) is 101 cm³/mol. The zero-order valence-corrected chi connectivity index (χ0v) is 15.4. The van der Waals surface area contributed by atoms with Gasteiger partial charge in [0.15, 0.2) is 0 Å². The smallest absolute Gasteiger partial charge is 0.332 e. The van der Waals surface area contributed by atoms with Gasteiger partial charge in [-0.2, -0.15) is 0 Å². The van der Waals surface area contributed by atoms with Crippen LogP contribution in [-0.4, -0.2) is 22.2 Å². The minimum Gasteiger partial charge on any atom is -0.481 e. The van der Waals surface area contributed by atoms with Gasteiger partial charge in [0.25, 0.3) is 0 Å². The first kappa shape index (κ1) is 19.2. The number of aliphatic carboxylic acids is 2. The van der Waals surface area contributed by atoms with Crippen LogP contribution < -0.4 is 0 Å². The van der Waals surface area contributed by atoms with Gasteiger partial charge in [0.2, 0.25) is 0 Å². The highest BCUT2D eigenvalue weighted by molar-refractivity contribution is 7.10. The Morgan fingerprint density at radius 1 is 1.36 bits per heavy atom. The molecular formula is C20H24O4S. The van der Waals surface area contributed by atoms with Gasteiger partial charge in [0.1, 0.15) is 0 Å². The van der Waals surface area contributed by atoms with Gasteiger partial charge in [-0.25, -0.2) is 4.79 Å². The van der Waals surface area contributed by atoms with Crippen molar-refractivity contribution in [1.82, 2.24) is 0 Å². The third-order valence-electron chi connectivity index (χ3n) is 4.78. The van der Waals surface area contributed by atoms with Crippen molar-refractivity contribution in [2.45, 2.75) is 39.5 Å². The van der Waals surface area contributed by atoms with Crippen molar-refractivity contribution in [2.75, 3.05) is 0 Å².